The molecule has 0 aliphatic carbocycles. The Bertz CT molecular complexity index is 501. The Labute approximate surface area is 130 Å². The van der Waals surface area contributed by atoms with E-state index in [4.69, 9.17) is 27.9 Å². The van der Waals surface area contributed by atoms with Crippen LogP contribution in [0.4, 0.5) is 0 Å². The largest absolute Gasteiger partial charge is 0.487 e. The van der Waals surface area contributed by atoms with Crippen molar-refractivity contribution in [1.29, 1.82) is 0 Å². The van der Waals surface area contributed by atoms with E-state index in [1.165, 1.54) is 5.57 Å². The molecule has 1 N–H and O–H groups in total. The number of hydrogen-bond acceptors (Lipinski definition) is 3. The van der Waals surface area contributed by atoms with Gasteiger partial charge >= 0.3 is 0 Å². The molecule has 1 aromatic rings. The van der Waals surface area contributed by atoms with Crippen molar-refractivity contribution in [2.75, 3.05) is 40.3 Å². The van der Waals surface area contributed by atoms with E-state index >= 15 is 0 Å². The van der Waals surface area contributed by atoms with E-state index in [0.29, 0.717) is 16.7 Å². The van der Waals surface area contributed by atoms with Crippen LogP contribution in [-0.2, 0) is 0 Å². The van der Waals surface area contributed by atoms with E-state index in [1.54, 1.807) is 6.07 Å². The second-order valence-corrected chi connectivity index (χ2v) is 6.07. The average molecular weight is 315 g/mol. The minimum absolute atomic E-state index is 0.571. The highest BCUT2D eigenvalue weighted by Gasteiger charge is 2.15. The zero-order valence-electron chi connectivity index (χ0n) is 11.9. The first-order valence-electron chi connectivity index (χ1n) is 6.73. The molecule has 1 aliphatic rings. The van der Waals surface area contributed by atoms with Crippen LogP contribution < -0.4 is 10.1 Å². The Morgan fingerprint density at radius 3 is 2.85 bits per heavy atom. The minimum atomic E-state index is 0.571. The first-order valence-corrected chi connectivity index (χ1v) is 7.48. The molecule has 0 amide bonds. The second-order valence-electron chi connectivity index (χ2n) is 5.23. The molecule has 0 aromatic heterocycles. The predicted molar refractivity (Wildman–Crippen MR) is 86.0 cm³/mol. The van der Waals surface area contributed by atoms with Gasteiger partial charge in [-0.3, -0.25) is 0 Å². The van der Waals surface area contributed by atoms with Gasteiger partial charge in [0.2, 0.25) is 0 Å². The summed E-state index contributed by atoms with van der Waals surface area (Å²) in [6.45, 7) is 3.50. The van der Waals surface area contributed by atoms with Crippen molar-refractivity contribution in [3.63, 3.8) is 0 Å². The number of nitrogens with one attached hydrogen (secondary N) is 1. The summed E-state index contributed by atoms with van der Waals surface area (Å²) in [5.41, 5.74) is 2.17. The molecule has 0 saturated heterocycles. The van der Waals surface area contributed by atoms with Crippen molar-refractivity contribution in [3.8, 4) is 5.75 Å². The monoisotopic (exact) mass is 314 g/mol. The number of nitrogens with zero attached hydrogens (tertiary/aromatic N) is 1. The van der Waals surface area contributed by atoms with Crippen LogP contribution in [0.5, 0.6) is 5.75 Å². The van der Waals surface area contributed by atoms with Gasteiger partial charge in [0.05, 0.1) is 5.02 Å². The lowest BCUT2D eigenvalue weighted by atomic mass is 10.1. The van der Waals surface area contributed by atoms with E-state index in [2.05, 4.69) is 30.4 Å². The fourth-order valence-corrected chi connectivity index (χ4v) is 2.70. The van der Waals surface area contributed by atoms with Crippen molar-refractivity contribution in [1.82, 2.24) is 10.2 Å². The van der Waals surface area contributed by atoms with Crippen molar-refractivity contribution >= 4 is 29.3 Å². The van der Waals surface area contributed by atoms with Gasteiger partial charge in [0.1, 0.15) is 12.4 Å². The summed E-state index contributed by atoms with van der Waals surface area (Å²) in [7, 11) is 4.17. The molecule has 0 fully saturated rings. The number of rotatable bonds is 6. The predicted octanol–water partition coefficient (Wildman–Crippen LogP) is 3.31. The Kier molecular flexibility index (Phi) is 5.73. The lowest BCUT2D eigenvalue weighted by Gasteiger charge is -2.20. The third-order valence-electron chi connectivity index (χ3n) is 3.11. The zero-order chi connectivity index (χ0) is 14.5. The fraction of sp³-hybridized carbons (Fsp3) is 0.467. The van der Waals surface area contributed by atoms with Crippen LogP contribution in [0.1, 0.15) is 12.0 Å². The van der Waals surface area contributed by atoms with Gasteiger partial charge in [0.15, 0.2) is 0 Å². The van der Waals surface area contributed by atoms with Crippen LogP contribution in [0.3, 0.4) is 0 Å². The van der Waals surface area contributed by atoms with Crippen molar-refractivity contribution in [2.24, 2.45) is 0 Å². The van der Waals surface area contributed by atoms with Crippen molar-refractivity contribution < 1.29 is 4.74 Å². The van der Waals surface area contributed by atoms with E-state index in [9.17, 15) is 0 Å². The Morgan fingerprint density at radius 1 is 1.30 bits per heavy atom. The van der Waals surface area contributed by atoms with Crippen LogP contribution in [0, 0.1) is 0 Å². The molecule has 1 aromatic carbocycles. The Hall–Kier alpha value is -0.740. The second kappa shape index (κ2) is 7.32. The first-order chi connectivity index (χ1) is 9.56. The normalized spacial score (nSPS) is 13.9. The molecule has 0 spiro atoms. The van der Waals surface area contributed by atoms with Crippen LogP contribution in [0.2, 0.25) is 10.0 Å². The topological polar surface area (TPSA) is 24.5 Å². The molecule has 0 saturated carbocycles. The number of halogens is 2. The maximum Gasteiger partial charge on any atom is 0.145 e. The summed E-state index contributed by atoms with van der Waals surface area (Å²) in [6, 6.07) is 3.59. The fourth-order valence-electron chi connectivity index (χ4n) is 2.14. The molecule has 5 heteroatoms. The highest BCUT2D eigenvalue weighted by atomic mass is 35.5. The smallest absolute Gasteiger partial charge is 0.145 e. The van der Waals surface area contributed by atoms with Crippen LogP contribution >= 0.6 is 23.2 Å². The summed E-state index contributed by atoms with van der Waals surface area (Å²) in [5, 5.41) is 4.63. The third kappa shape index (κ3) is 4.38. The van der Waals surface area contributed by atoms with Crippen molar-refractivity contribution in [2.45, 2.75) is 6.42 Å². The van der Waals surface area contributed by atoms with Crippen molar-refractivity contribution in [3.05, 3.63) is 33.3 Å². The van der Waals surface area contributed by atoms with Gasteiger partial charge in [0.25, 0.3) is 0 Å². The van der Waals surface area contributed by atoms with E-state index in [-0.39, 0.29) is 0 Å². The molecular weight excluding hydrogens is 295 g/mol. The van der Waals surface area contributed by atoms with Gasteiger partial charge in [-0.25, -0.2) is 0 Å². The molecule has 1 heterocycles. The van der Waals surface area contributed by atoms with Gasteiger partial charge in [0, 0.05) is 17.1 Å². The highest BCUT2D eigenvalue weighted by molar-refractivity contribution is 6.36. The number of hydrogen-bond donors (Lipinski definition) is 1. The molecule has 0 bridgehead atoms. The number of ether oxygens (including phenoxy) is 1. The lowest BCUT2D eigenvalue weighted by Crippen LogP contribution is -2.25. The van der Waals surface area contributed by atoms with E-state index in [0.717, 1.165) is 37.4 Å². The minimum Gasteiger partial charge on any atom is -0.487 e. The van der Waals surface area contributed by atoms with E-state index in [1.807, 2.05) is 6.07 Å². The Balaban J connectivity index is 1.89. The third-order valence-corrected chi connectivity index (χ3v) is 3.61. The number of fused-ring (bicyclic) bond motifs is 1. The molecule has 0 radical (unpaired) electrons. The Morgan fingerprint density at radius 2 is 2.10 bits per heavy atom. The molecule has 3 nitrogen and oxygen atoms in total. The van der Waals surface area contributed by atoms with Gasteiger partial charge in [-0.05, 0) is 57.4 Å². The standard InChI is InChI=1S/C15H20Cl2N2O/c1-19(2)5-3-4-18-9-11-6-12-7-13(16)8-14(17)15(12)20-10-11/h6-8,18H,3-5,9-10H2,1-2H3. The summed E-state index contributed by atoms with van der Waals surface area (Å²) < 4.78 is 5.71. The van der Waals surface area contributed by atoms with Crippen LogP contribution in [0.15, 0.2) is 17.7 Å². The van der Waals surface area contributed by atoms with Gasteiger partial charge < -0.3 is 15.0 Å². The lowest BCUT2D eigenvalue weighted by molar-refractivity contribution is 0.342. The maximum absolute atomic E-state index is 6.11. The van der Waals surface area contributed by atoms with Gasteiger partial charge in [-0.1, -0.05) is 23.2 Å². The highest BCUT2D eigenvalue weighted by Crippen LogP contribution is 2.36. The SMILES string of the molecule is CN(C)CCCNCC1=Cc2cc(Cl)cc(Cl)c2OC1. The molecule has 2 rings (SSSR count). The quantitative estimate of drug-likeness (QED) is 0.815. The molecule has 0 atom stereocenters. The molecular formula is C15H20Cl2N2O. The molecule has 1 aliphatic heterocycles. The molecule has 20 heavy (non-hydrogen) atoms. The van der Waals surface area contributed by atoms with Gasteiger partial charge in [-0.15, -0.1) is 0 Å². The summed E-state index contributed by atoms with van der Waals surface area (Å²) in [6.07, 6.45) is 3.24. The zero-order valence-corrected chi connectivity index (χ0v) is 13.4. The first kappa shape index (κ1) is 15.6. The van der Waals surface area contributed by atoms with Crippen LogP contribution in [-0.4, -0.2) is 45.2 Å². The maximum atomic E-state index is 6.11. The molecule has 110 valence electrons. The molecule has 0 unspecified atom stereocenters. The number of benzene rings is 1. The summed E-state index contributed by atoms with van der Waals surface area (Å²) in [4.78, 5) is 2.19. The summed E-state index contributed by atoms with van der Waals surface area (Å²) in [5.74, 6) is 0.729. The van der Waals surface area contributed by atoms with E-state index < -0.39 is 0 Å². The van der Waals surface area contributed by atoms with Crippen LogP contribution in [0.25, 0.3) is 6.08 Å². The summed E-state index contributed by atoms with van der Waals surface area (Å²) >= 11 is 12.1. The average Bonchev–Trinajstić information content (AvgIpc) is 2.37. The van der Waals surface area contributed by atoms with Gasteiger partial charge in [-0.2, -0.15) is 0 Å².